The van der Waals surface area contributed by atoms with Crippen LogP contribution in [-0.4, -0.2) is 6.36 Å². The molecular weight excluding hydrogens is 719 g/mol. The van der Waals surface area contributed by atoms with Crippen molar-refractivity contribution in [2.45, 2.75) is 13.3 Å². The largest absolute Gasteiger partial charge is 0.573 e. The number of halogens is 9. The van der Waals surface area contributed by atoms with Gasteiger partial charge >= 0.3 is 6.36 Å². The predicted molar refractivity (Wildman–Crippen MR) is 183 cm³/mol. The van der Waals surface area contributed by atoms with Crippen LogP contribution < -0.4 is 4.74 Å². The van der Waals surface area contributed by atoms with E-state index in [0.717, 1.165) is 30.3 Å². The summed E-state index contributed by atoms with van der Waals surface area (Å²) in [5.74, 6) is -9.43. The lowest BCUT2D eigenvalue weighted by atomic mass is 9.92. The Hall–Kier alpha value is -6.79. The second-order valence-electron chi connectivity index (χ2n) is 12.3. The fraction of sp³-hybridized carbons (Fsp3) is 0.0476. The van der Waals surface area contributed by atoms with Crippen LogP contribution in [0.4, 0.5) is 39.5 Å². The van der Waals surface area contributed by atoms with Gasteiger partial charge in [-0.3, -0.25) is 0 Å². The molecule has 0 fully saturated rings. The topological polar surface area (TPSA) is 37.4 Å². The summed E-state index contributed by atoms with van der Waals surface area (Å²) in [7, 11) is 0. The molecule has 0 atom stereocenters. The number of aryl methyl sites for hydroxylation is 1. The van der Waals surface area contributed by atoms with E-state index in [1.165, 1.54) is 30.3 Å². The number of nitrogens with zero attached hydrogens (tertiary/aromatic N) is 2. The first-order valence-electron chi connectivity index (χ1n) is 15.8. The molecule has 0 aliphatic heterocycles. The average molecular weight is 739 g/mol. The van der Waals surface area contributed by atoms with Crippen molar-refractivity contribution in [3.63, 3.8) is 0 Å². The Morgan fingerprint density at radius 3 is 1.39 bits per heavy atom. The van der Waals surface area contributed by atoms with Crippen LogP contribution in [0, 0.1) is 59.7 Å². The molecule has 7 rings (SSSR count). The monoisotopic (exact) mass is 738 g/mol. The third-order valence-electron chi connectivity index (χ3n) is 9.02. The second-order valence-corrected chi connectivity index (χ2v) is 12.3. The zero-order valence-electron chi connectivity index (χ0n) is 27.4. The quantitative estimate of drug-likeness (QED) is 0.0763. The zero-order valence-corrected chi connectivity index (χ0v) is 27.4. The summed E-state index contributed by atoms with van der Waals surface area (Å²) in [4.78, 5) is 3.35. The maximum atomic E-state index is 13.9. The zero-order chi connectivity index (χ0) is 38.6. The van der Waals surface area contributed by atoms with Crippen molar-refractivity contribution >= 4 is 5.57 Å². The van der Waals surface area contributed by atoms with Gasteiger partial charge in [0.15, 0.2) is 34.9 Å². The molecule has 0 saturated carbocycles. The van der Waals surface area contributed by atoms with E-state index in [1.54, 1.807) is 43.3 Å². The summed E-state index contributed by atoms with van der Waals surface area (Å²) < 4.78 is 129. The van der Waals surface area contributed by atoms with E-state index >= 15 is 0 Å². The van der Waals surface area contributed by atoms with Gasteiger partial charge in [0.2, 0.25) is 0 Å². The predicted octanol–water partition coefficient (Wildman–Crippen LogP) is 12.6. The van der Waals surface area contributed by atoms with Crippen molar-refractivity contribution in [1.29, 1.82) is 5.26 Å². The van der Waals surface area contributed by atoms with Gasteiger partial charge in [-0.2, -0.15) is 0 Å². The highest BCUT2D eigenvalue weighted by molar-refractivity contribution is 6.06. The molecule has 6 aromatic carbocycles. The van der Waals surface area contributed by atoms with Gasteiger partial charge in [-0.15, -0.1) is 13.2 Å². The molecule has 1 aliphatic carbocycles. The summed E-state index contributed by atoms with van der Waals surface area (Å²) in [6, 6.07) is 23.2. The lowest BCUT2D eigenvalue weighted by Crippen LogP contribution is -2.17. The van der Waals surface area contributed by atoms with E-state index in [2.05, 4.69) is 9.58 Å². The molecule has 3 nitrogen and oxygen atoms in total. The van der Waals surface area contributed by atoms with Gasteiger partial charge in [0.05, 0.1) is 12.6 Å². The van der Waals surface area contributed by atoms with Gasteiger partial charge in [-0.25, -0.2) is 36.4 Å². The molecule has 1 aliphatic rings. The van der Waals surface area contributed by atoms with Crippen LogP contribution in [0.3, 0.4) is 0 Å². The van der Waals surface area contributed by atoms with E-state index in [4.69, 9.17) is 6.57 Å². The van der Waals surface area contributed by atoms with Gasteiger partial charge in [-0.05, 0) is 116 Å². The first kappa shape index (κ1) is 35.6. The Labute approximate surface area is 301 Å². The molecule has 0 amide bonds. The van der Waals surface area contributed by atoms with Crippen LogP contribution in [-0.2, 0) is 0 Å². The average Bonchev–Trinajstić information content (AvgIpc) is 3.43. The Kier molecular flexibility index (Phi) is 8.78. The van der Waals surface area contributed by atoms with Crippen LogP contribution >= 0.6 is 0 Å². The maximum absolute atomic E-state index is 13.9. The van der Waals surface area contributed by atoms with E-state index in [-0.39, 0.29) is 44.7 Å². The summed E-state index contributed by atoms with van der Waals surface area (Å²) in [6.07, 6.45) is -5.15. The molecule has 0 saturated heterocycles. The summed E-state index contributed by atoms with van der Waals surface area (Å²) in [6.45, 7) is 9.42. The van der Waals surface area contributed by atoms with Gasteiger partial charge in [0, 0.05) is 11.1 Å². The minimum Gasteiger partial charge on any atom is -0.405 e. The molecule has 0 spiro atoms. The molecular formula is C42H19F9N2O. The minimum atomic E-state index is -5.15. The Balaban J connectivity index is 1.38. The molecule has 0 unspecified atom stereocenters. The highest BCUT2D eigenvalue weighted by atomic mass is 19.4. The Morgan fingerprint density at radius 2 is 0.963 bits per heavy atom. The fourth-order valence-electron chi connectivity index (χ4n) is 6.56. The minimum absolute atomic E-state index is 0.0153. The third-order valence-corrected chi connectivity index (χ3v) is 9.02. The number of fused-ring (bicyclic) bond motifs is 3. The van der Waals surface area contributed by atoms with Crippen molar-refractivity contribution in [3.05, 3.63) is 166 Å². The van der Waals surface area contributed by atoms with Gasteiger partial charge < -0.3 is 4.74 Å². The highest BCUT2D eigenvalue weighted by Crippen LogP contribution is 2.52. The van der Waals surface area contributed by atoms with Gasteiger partial charge in [-0.1, -0.05) is 54.6 Å². The van der Waals surface area contributed by atoms with E-state index in [9.17, 15) is 44.8 Å². The molecule has 54 heavy (non-hydrogen) atoms. The molecule has 266 valence electrons. The molecule has 0 bridgehead atoms. The van der Waals surface area contributed by atoms with Crippen molar-refractivity contribution < 1.29 is 44.3 Å². The highest BCUT2D eigenvalue weighted by Gasteiger charge is 2.35. The lowest BCUT2D eigenvalue weighted by molar-refractivity contribution is -0.274. The molecule has 0 heterocycles. The van der Waals surface area contributed by atoms with Crippen LogP contribution in [0.1, 0.15) is 16.7 Å². The van der Waals surface area contributed by atoms with Crippen molar-refractivity contribution in [3.8, 4) is 67.5 Å². The SMILES string of the molecule is [C-]#[N+]/C(C#N)=C1\c2cc(C)c(-c3ccc(-c4cc(F)c(F)c(F)c4)cc3)cc2-c2cc(-c3ccc(-c4cc(F)c(F)c(F)c4)cc3)c(OC(F)(F)F)cc21. The normalized spacial score (nSPS) is 12.8. The number of alkyl halides is 3. The van der Waals surface area contributed by atoms with Crippen molar-refractivity contribution in [2.24, 2.45) is 0 Å². The van der Waals surface area contributed by atoms with Crippen LogP contribution in [0.15, 0.2) is 103 Å². The van der Waals surface area contributed by atoms with Crippen LogP contribution in [0.25, 0.3) is 66.1 Å². The van der Waals surface area contributed by atoms with Crippen LogP contribution in [0.5, 0.6) is 5.75 Å². The summed E-state index contributed by atoms with van der Waals surface area (Å²) >= 11 is 0. The number of nitriles is 1. The number of benzene rings is 6. The van der Waals surface area contributed by atoms with E-state index < -0.39 is 47.0 Å². The molecule has 12 heteroatoms. The number of rotatable bonds is 5. The molecule has 6 aromatic rings. The Bertz CT molecular complexity index is 2590. The number of hydrogen-bond acceptors (Lipinski definition) is 2. The molecule has 0 radical (unpaired) electrons. The first-order valence-corrected chi connectivity index (χ1v) is 15.8. The van der Waals surface area contributed by atoms with Gasteiger partial charge in [0.1, 0.15) is 5.75 Å². The van der Waals surface area contributed by atoms with Gasteiger partial charge in [0.25, 0.3) is 5.70 Å². The van der Waals surface area contributed by atoms with Crippen LogP contribution in [0.2, 0.25) is 0 Å². The second kappa shape index (κ2) is 13.3. The lowest BCUT2D eigenvalue weighted by Gasteiger charge is -2.17. The molecule has 0 aromatic heterocycles. The fourth-order valence-corrected chi connectivity index (χ4v) is 6.56. The number of hydrogen-bond donors (Lipinski definition) is 0. The maximum Gasteiger partial charge on any atom is 0.573 e. The van der Waals surface area contributed by atoms with E-state index in [0.29, 0.717) is 38.9 Å². The summed E-state index contributed by atoms with van der Waals surface area (Å²) in [5.41, 5.74) is 3.88. The van der Waals surface area contributed by atoms with Crippen molar-refractivity contribution in [1.82, 2.24) is 0 Å². The van der Waals surface area contributed by atoms with Crippen molar-refractivity contribution in [2.75, 3.05) is 0 Å². The standard InChI is InChI=1S/C42H19F9N2O/c1-20-11-31-29(16-27(20)23-7-3-21(4-8-23)25-12-33(43)40(47)34(44)13-25)30-17-28(38(54-42(49,50)51)18-32(30)39(31)37(19-52)53-2)24-9-5-22(6-10-24)26-14-35(45)41(48)36(46)15-26/h3-18H,1H3/b39-37+. The number of ether oxygens (including phenoxy) is 1. The Morgan fingerprint density at radius 1 is 0.556 bits per heavy atom. The third kappa shape index (κ3) is 6.32. The molecule has 0 N–H and O–H groups in total. The van der Waals surface area contributed by atoms with E-state index in [1.807, 2.05) is 6.07 Å². The first-order chi connectivity index (χ1) is 25.7. The smallest absolute Gasteiger partial charge is 0.405 e. The summed E-state index contributed by atoms with van der Waals surface area (Å²) in [5, 5.41) is 9.90. The number of allylic oxidation sites excluding steroid dienone is 1.